The summed E-state index contributed by atoms with van der Waals surface area (Å²) in [6.07, 6.45) is 0. The Hall–Kier alpha value is -3.75. The predicted molar refractivity (Wildman–Crippen MR) is 108 cm³/mol. The van der Waals surface area contributed by atoms with Gasteiger partial charge in [-0.05, 0) is 42.5 Å². The minimum atomic E-state index is -0.225. The molecule has 1 aromatic heterocycles. The quantitative estimate of drug-likeness (QED) is 0.528. The van der Waals surface area contributed by atoms with E-state index < -0.39 is 0 Å². The van der Waals surface area contributed by atoms with Gasteiger partial charge < -0.3 is 28.3 Å². The highest BCUT2D eigenvalue weighted by Crippen LogP contribution is 2.31. The summed E-state index contributed by atoms with van der Waals surface area (Å²) in [6, 6.07) is 12.3. The van der Waals surface area contributed by atoms with Crippen molar-refractivity contribution in [2.45, 2.75) is 6.54 Å². The molecule has 0 N–H and O–H groups in total. The van der Waals surface area contributed by atoms with Crippen LogP contribution in [-0.4, -0.2) is 56.0 Å². The number of methoxy groups -OCH3 is 3. The van der Waals surface area contributed by atoms with Gasteiger partial charge in [0.15, 0.2) is 18.1 Å². The fraction of sp³-hybridized carbons (Fsp3) is 0.286. The normalized spacial score (nSPS) is 10.4. The van der Waals surface area contributed by atoms with Gasteiger partial charge in [0, 0.05) is 12.6 Å². The predicted octanol–water partition coefficient (Wildman–Crippen LogP) is 2.80. The Morgan fingerprint density at radius 2 is 1.63 bits per heavy atom. The Labute approximate surface area is 174 Å². The first-order valence-corrected chi connectivity index (χ1v) is 9.09. The van der Waals surface area contributed by atoms with E-state index in [1.54, 1.807) is 70.8 Å². The fourth-order valence-electron chi connectivity index (χ4n) is 2.62. The van der Waals surface area contributed by atoms with E-state index in [9.17, 15) is 4.79 Å². The number of benzene rings is 2. The zero-order chi connectivity index (χ0) is 21.5. The van der Waals surface area contributed by atoms with Crippen molar-refractivity contribution in [1.29, 1.82) is 0 Å². The maximum Gasteiger partial charge on any atom is 0.260 e. The zero-order valence-electron chi connectivity index (χ0n) is 17.2. The largest absolute Gasteiger partial charge is 0.497 e. The molecule has 0 unspecified atom stereocenters. The molecule has 0 aliphatic carbocycles. The van der Waals surface area contributed by atoms with Crippen LogP contribution in [0, 0.1) is 0 Å². The van der Waals surface area contributed by atoms with Crippen LogP contribution in [0.25, 0.3) is 11.5 Å². The molecule has 1 amide bonds. The molecule has 30 heavy (non-hydrogen) atoms. The van der Waals surface area contributed by atoms with E-state index in [2.05, 4.69) is 10.2 Å². The van der Waals surface area contributed by atoms with E-state index in [4.69, 9.17) is 23.4 Å². The highest BCUT2D eigenvalue weighted by atomic mass is 16.5. The number of hydrogen-bond acceptors (Lipinski definition) is 8. The van der Waals surface area contributed by atoms with Gasteiger partial charge in [-0.3, -0.25) is 4.79 Å². The molecule has 0 saturated heterocycles. The maximum absolute atomic E-state index is 12.3. The summed E-state index contributed by atoms with van der Waals surface area (Å²) in [4.78, 5) is 13.8. The summed E-state index contributed by atoms with van der Waals surface area (Å²) in [5, 5.41) is 8.06. The molecule has 0 spiro atoms. The van der Waals surface area contributed by atoms with Gasteiger partial charge in [-0.15, -0.1) is 10.2 Å². The Balaban J connectivity index is 1.58. The minimum Gasteiger partial charge on any atom is -0.497 e. The molecule has 3 aromatic rings. The molecule has 2 aromatic carbocycles. The highest BCUT2D eigenvalue weighted by molar-refractivity contribution is 5.77. The van der Waals surface area contributed by atoms with Gasteiger partial charge in [0.1, 0.15) is 11.5 Å². The topological polar surface area (TPSA) is 96.2 Å². The Morgan fingerprint density at radius 3 is 2.30 bits per heavy atom. The van der Waals surface area contributed by atoms with Crippen LogP contribution < -0.4 is 18.9 Å². The monoisotopic (exact) mass is 413 g/mol. The number of carbonyl (C=O) groups excluding carboxylic acids is 1. The standard InChI is InChI=1S/C21H23N3O6/c1-24(20(25)13-29-16-8-6-15(26-2)7-9-16)12-19-22-23-21(30-19)14-5-10-17(27-3)18(11-14)28-4/h5-11H,12-13H2,1-4H3. The van der Waals surface area contributed by atoms with Gasteiger partial charge >= 0.3 is 0 Å². The summed E-state index contributed by atoms with van der Waals surface area (Å²) >= 11 is 0. The second-order valence-corrected chi connectivity index (χ2v) is 6.28. The highest BCUT2D eigenvalue weighted by Gasteiger charge is 2.16. The molecule has 1 heterocycles. The smallest absolute Gasteiger partial charge is 0.260 e. The van der Waals surface area contributed by atoms with Crippen molar-refractivity contribution in [3.05, 3.63) is 48.4 Å². The molecule has 3 rings (SSSR count). The number of hydrogen-bond donors (Lipinski definition) is 0. The number of likely N-dealkylation sites (N-methyl/N-ethyl adjacent to an activating group) is 1. The van der Waals surface area contributed by atoms with Crippen molar-refractivity contribution in [3.8, 4) is 34.5 Å². The number of rotatable bonds is 9. The van der Waals surface area contributed by atoms with Crippen LogP contribution in [0.4, 0.5) is 0 Å². The zero-order valence-corrected chi connectivity index (χ0v) is 17.2. The fourth-order valence-corrected chi connectivity index (χ4v) is 2.62. The van der Waals surface area contributed by atoms with Crippen LogP contribution in [0.15, 0.2) is 46.9 Å². The molecular weight excluding hydrogens is 390 g/mol. The van der Waals surface area contributed by atoms with Crippen molar-refractivity contribution >= 4 is 5.91 Å². The number of aromatic nitrogens is 2. The first kappa shape index (κ1) is 21.0. The van der Waals surface area contributed by atoms with Gasteiger partial charge in [-0.1, -0.05) is 0 Å². The lowest BCUT2D eigenvalue weighted by Gasteiger charge is -2.15. The van der Waals surface area contributed by atoms with E-state index in [0.717, 1.165) is 0 Å². The van der Waals surface area contributed by atoms with Crippen molar-refractivity contribution in [3.63, 3.8) is 0 Å². The van der Waals surface area contributed by atoms with Crippen molar-refractivity contribution in [2.75, 3.05) is 35.0 Å². The number of carbonyl (C=O) groups is 1. The van der Waals surface area contributed by atoms with Crippen molar-refractivity contribution in [2.24, 2.45) is 0 Å². The summed E-state index contributed by atoms with van der Waals surface area (Å²) in [5.74, 6) is 2.84. The lowest BCUT2D eigenvalue weighted by molar-refractivity contribution is -0.132. The third kappa shape index (κ3) is 4.99. The molecule has 0 radical (unpaired) electrons. The first-order valence-electron chi connectivity index (χ1n) is 9.09. The summed E-state index contributed by atoms with van der Waals surface area (Å²) in [7, 11) is 6.34. The molecule has 0 saturated carbocycles. The molecule has 9 heteroatoms. The van der Waals surface area contributed by atoms with Crippen molar-refractivity contribution in [1.82, 2.24) is 15.1 Å². The third-order valence-electron chi connectivity index (χ3n) is 4.32. The summed E-state index contributed by atoms with van der Waals surface area (Å²) in [6.45, 7) is 0.0462. The van der Waals surface area contributed by atoms with E-state index >= 15 is 0 Å². The van der Waals surface area contributed by atoms with Crippen LogP contribution in [0.2, 0.25) is 0 Å². The maximum atomic E-state index is 12.3. The second-order valence-electron chi connectivity index (χ2n) is 6.28. The second kappa shape index (κ2) is 9.64. The van der Waals surface area contributed by atoms with Crippen LogP contribution in [0.3, 0.4) is 0 Å². The number of ether oxygens (including phenoxy) is 4. The van der Waals surface area contributed by atoms with Gasteiger partial charge in [0.25, 0.3) is 5.91 Å². The van der Waals surface area contributed by atoms with Crippen LogP contribution in [-0.2, 0) is 11.3 Å². The van der Waals surface area contributed by atoms with E-state index in [-0.39, 0.29) is 19.1 Å². The molecule has 158 valence electrons. The Bertz CT molecular complexity index is 987. The minimum absolute atomic E-state index is 0.112. The lowest BCUT2D eigenvalue weighted by Crippen LogP contribution is -2.31. The Morgan fingerprint density at radius 1 is 0.933 bits per heavy atom. The van der Waals surface area contributed by atoms with Crippen LogP contribution >= 0.6 is 0 Å². The molecule has 0 aliphatic rings. The molecule has 0 fully saturated rings. The van der Waals surface area contributed by atoms with E-state index in [1.807, 2.05) is 0 Å². The van der Waals surface area contributed by atoms with Gasteiger partial charge in [-0.2, -0.15) is 0 Å². The van der Waals surface area contributed by atoms with E-state index in [0.29, 0.717) is 40.3 Å². The van der Waals surface area contributed by atoms with Gasteiger partial charge in [-0.25, -0.2) is 0 Å². The summed E-state index contributed by atoms with van der Waals surface area (Å²) < 4.78 is 26.8. The Kier molecular flexibility index (Phi) is 6.74. The number of nitrogens with zero attached hydrogens (tertiary/aromatic N) is 3. The third-order valence-corrected chi connectivity index (χ3v) is 4.32. The average Bonchev–Trinajstić information content (AvgIpc) is 3.25. The average molecular weight is 413 g/mol. The molecule has 0 aliphatic heterocycles. The first-order chi connectivity index (χ1) is 14.5. The van der Waals surface area contributed by atoms with Crippen molar-refractivity contribution < 1.29 is 28.2 Å². The SMILES string of the molecule is COc1ccc(OCC(=O)N(C)Cc2nnc(-c3ccc(OC)c(OC)c3)o2)cc1. The lowest BCUT2D eigenvalue weighted by atomic mass is 10.2. The number of amides is 1. The van der Waals surface area contributed by atoms with Crippen LogP contribution in [0.1, 0.15) is 5.89 Å². The molecular formula is C21H23N3O6. The van der Waals surface area contributed by atoms with Gasteiger partial charge in [0.05, 0.1) is 27.9 Å². The molecule has 9 nitrogen and oxygen atoms in total. The van der Waals surface area contributed by atoms with Crippen LogP contribution in [0.5, 0.6) is 23.0 Å². The van der Waals surface area contributed by atoms with E-state index in [1.165, 1.54) is 4.90 Å². The molecule has 0 bridgehead atoms. The van der Waals surface area contributed by atoms with Gasteiger partial charge in [0.2, 0.25) is 11.8 Å². The summed E-state index contributed by atoms with van der Waals surface area (Å²) in [5.41, 5.74) is 0.684. The molecule has 0 atom stereocenters.